The fourth-order valence-electron chi connectivity index (χ4n) is 0.836. The molecular weight excluding hydrogens is 144 g/mol. The molecule has 0 aliphatic carbocycles. The molecule has 0 radical (unpaired) electrons. The number of hydrogen-bond donors (Lipinski definition) is 1. The van der Waals surface area contributed by atoms with E-state index >= 15 is 0 Å². The molecule has 0 amide bonds. The number of methoxy groups -OCH3 is 1. The summed E-state index contributed by atoms with van der Waals surface area (Å²) in [4.78, 5) is 10.2. The molecule has 0 saturated carbocycles. The van der Waals surface area contributed by atoms with Gasteiger partial charge < -0.3 is 10.5 Å². The zero-order valence-electron chi connectivity index (χ0n) is 6.07. The number of nitrogen functional groups attached to an aromatic ring is 1. The third-order valence-electron chi connectivity index (χ3n) is 1.33. The van der Waals surface area contributed by atoms with Gasteiger partial charge in [0.25, 0.3) is 0 Å². The van der Waals surface area contributed by atoms with Gasteiger partial charge in [0.15, 0.2) is 11.4 Å². The Hall–Kier alpha value is -1.58. The first kappa shape index (κ1) is 7.53. The van der Waals surface area contributed by atoms with Gasteiger partial charge in [0.2, 0.25) is 0 Å². The largest absolute Gasteiger partial charge is 0.492 e. The molecule has 11 heavy (non-hydrogen) atoms. The van der Waals surface area contributed by atoms with Gasteiger partial charge in [-0.2, -0.15) is 0 Å². The van der Waals surface area contributed by atoms with Crippen LogP contribution in [0.25, 0.3) is 0 Å². The summed E-state index contributed by atoms with van der Waals surface area (Å²) in [6.07, 6.45) is 0. The van der Waals surface area contributed by atoms with Crippen molar-refractivity contribution < 1.29 is 4.74 Å². The number of nitrogens with two attached hydrogens (primary N) is 1. The quantitative estimate of drug-likeness (QED) is 0.517. The third-order valence-corrected chi connectivity index (χ3v) is 1.33. The number of ether oxygens (including phenoxy) is 1. The molecule has 0 fully saturated rings. The van der Waals surface area contributed by atoms with Crippen molar-refractivity contribution in [1.29, 1.82) is 0 Å². The van der Waals surface area contributed by atoms with Crippen LogP contribution < -0.4 is 10.5 Å². The minimum Gasteiger partial charge on any atom is -0.492 e. The molecule has 1 aromatic rings. The Morgan fingerprint density at radius 1 is 1.55 bits per heavy atom. The van der Waals surface area contributed by atoms with Crippen LogP contribution in [0.1, 0.15) is 0 Å². The first-order valence-electron chi connectivity index (χ1n) is 3.05. The highest BCUT2D eigenvalue weighted by Gasteiger charge is 2.04. The molecule has 2 N–H and O–H groups in total. The van der Waals surface area contributed by atoms with E-state index < -0.39 is 0 Å². The third kappa shape index (κ3) is 1.29. The normalized spacial score (nSPS) is 9.18. The molecule has 4 heteroatoms. The summed E-state index contributed by atoms with van der Waals surface area (Å²) in [6.45, 7) is 0. The first-order chi connectivity index (χ1) is 5.29. The second kappa shape index (κ2) is 3.01. The minimum absolute atomic E-state index is 0.229. The molecule has 0 atom stereocenters. The smallest absolute Gasteiger partial charge is 0.170 e. The molecule has 0 bridgehead atoms. The second-order valence-electron chi connectivity index (χ2n) is 1.99. The Labute approximate surface area is 63.9 Å². The Morgan fingerprint density at radius 2 is 2.27 bits per heavy atom. The maximum absolute atomic E-state index is 10.2. The highest BCUT2D eigenvalue weighted by atomic mass is 16.5. The lowest BCUT2D eigenvalue weighted by Crippen LogP contribution is -1.91. The summed E-state index contributed by atoms with van der Waals surface area (Å²) in [5, 5.41) is 2.75. The summed E-state index contributed by atoms with van der Waals surface area (Å²) < 4.78 is 4.85. The number of nitrogens with zero attached hydrogens (tertiary/aromatic N) is 1. The Balaban J connectivity index is 3.23. The molecule has 1 rings (SSSR count). The predicted molar refractivity (Wildman–Crippen MR) is 42.9 cm³/mol. The van der Waals surface area contributed by atoms with Crippen molar-refractivity contribution in [2.75, 3.05) is 12.8 Å². The maximum atomic E-state index is 10.2. The second-order valence-corrected chi connectivity index (χ2v) is 1.99. The number of nitroso groups, excluding NO2 is 1. The molecule has 0 aliphatic heterocycles. The van der Waals surface area contributed by atoms with Crippen LogP contribution in [0.2, 0.25) is 0 Å². The number of para-hydroxylation sites is 1. The Morgan fingerprint density at radius 3 is 2.73 bits per heavy atom. The van der Waals surface area contributed by atoms with E-state index in [1.165, 1.54) is 7.11 Å². The van der Waals surface area contributed by atoms with Crippen LogP contribution in [-0.4, -0.2) is 7.11 Å². The number of anilines is 1. The summed E-state index contributed by atoms with van der Waals surface area (Å²) in [5.74, 6) is 0.336. The summed E-state index contributed by atoms with van der Waals surface area (Å²) in [7, 11) is 1.44. The molecule has 0 spiro atoms. The zero-order chi connectivity index (χ0) is 8.27. The zero-order valence-corrected chi connectivity index (χ0v) is 6.07. The van der Waals surface area contributed by atoms with Gasteiger partial charge >= 0.3 is 0 Å². The van der Waals surface area contributed by atoms with Crippen LogP contribution in [0.15, 0.2) is 23.4 Å². The lowest BCUT2D eigenvalue weighted by atomic mass is 10.2. The molecule has 1 aromatic carbocycles. The average Bonchev–Trinajstić information content (AvgIpc) is 2.04. The monoisotopic (exact) mass is 152 g/mol. The van der Waals surface area contributed by atoms with Gasteiger partial charge in [0, 0.05) is 0 Å². The molecule has 0 saturated heterocycles. The fraction of sp³-hybridized carbons (Fsp3) is 0.143. The topological polar surface area (TPSA) is 64.7 Å². The number of benzene rings is 1. The standard InChI is InChI=1S/C7H8N2O2/c1-11-7-5(8)3-2-4-6(7)9-10/h2-4H,8H2,1H3. The van der Waals surface area contributed by atoms with E-state index in [1.54, 1.807) is 18.2 Å². The van der Waals surface area contributed by atoms with Gasteiger partial charge in [-0.3, -0.25) is 0 Å². The molecule has 4 nitrogen and oxygen atoms in total. The fourth-order valence-corrected chi connectivity index (χ4v) is 0.836. The van der Waals surface area contributed by atoms with Crippen LogP contribution in [0.4, 0.5) is 11.4 Å². The maximum Gasteiger partial charge on any atom is 0.170 e. The summed E-state index contributed by atoms with van der Waals surface area (Å²) in [6, 6.07) is 4.84. The number of rotatable bonds is 2. The van der Waals surface area contributed by atoms with Gasteiger partial charge in [0.1, 0.15) is 0 Å². The van der Waals surface area contributed by atoms with Crippen LogP contribution in [0, 0.1) is 4.91 Å². The van der Waals surface area contributed by atoms with Crippen molar-refractivity contribution >= 4 is 11.4 Å². The molecule has 0 aliphatic rings. The van der Waals surface area contributed by atoms with E-state index in [-0.39, 0.29) is 5.69 Å². The van der Waals surface area contributed by atoms with Crippen LogP contribution >= 0.6 is 0 Å². The van der Waals surface area contributed by atoms with E-state index in [0.29, 0.717) is 11.4 Å². The van der Waals surface area contributed by atoms with E-state index in [0.717, 1.165) is 0 Å². The minimum atomic E-state index is 0.229. The van der Waals surface area contributed by atoms with Gasteiger partial charge in [-0.15, -0.1) is 4.91 Å². The van der Waals surface area contributed by atoms with Crippen molar-refractivity contribution in [3.05, 3.63) is 23.1 Å². The van der Waals surface area contributed by atoms with E-state index in [1.807, 2.05) is 0 Å². The van der Waals surface area contributed by atoms with E-state index in [9.17, 15) is 4.91 Å². The van der Waals surface area contributed by atoms with Crippen LogP contribution in [0.3, 0.4) is 0 Å². The van der Waals surface area contributed by atoms with Gasteiger partial charge in [-0.05, 0) is 17.3 Å². The van der Waals surface area contributed by atoms with Crippen molar-refractivity contribution in [1.82, 2.24) is 0 Å². The van der Waals surface area contributed by atoms with Gasteiger partial charge in [0.05, 0.1) is 12.8 Å². The van der Waals surface area contributed by atoms with Crippen LogP contribution in [-0.2, 0) is 0 Å². The van der Waals surface area contributed by atoms with Gasteiger partial charge in [-0.25, -0.2) is 0 Å². The summed E-state index contributed by atoms with van der Waals surface area (Å²) >= 11 is 0. The highest BCUT2D eigenvalue weighted by molar-refractivity contribution is 5.66. The SMILES string of the molecule is COc1c(N)cccc1N=O. The molecule has 0 aromatic heterocycles. The number of hydrogen-bond acceptors (Lipinski definition) is 4. The Kier molecular flexibility index (Phi) is 2.06. The van der Waals surface area contributed by atoms with E-state index in [2.05, 4.69) is 5.18 Å². The van der Waals surface area contributed by atoms with E-state index in [4.69, 9.17) is 10.5 Å². The van der Waals surface area contributed by atoms with Crippen molar-refractivity contribution in [3.63, 3.8) is 0 Å². The van der Waals surface area contributed by atoms with Crippen LogP contribution in [0.5, 0.6) is 5.75 Å². The van der Waals surface area contributed by atoms with Crippen molar-refractivity contribution in [2.24, 2.45) is 5.18 Å². The molecule has 0 unspecified atom stereocenters. The van der Waals surface area contributed by atoms with Crippen molar-refractivity contribution in [3.8, 4) is 5.75 Å². The first-order valence-corrected chi connectivity index (χ1v) is 3.05. The molecular formula is C7H8N2O2. The predicted octanol–water partition coefficient (Wildman–Crippen LogP) is 1.68. The molecule has 58 valence electrons. The Bertz CT molecular complexity index is 273. The lowest BCUT2D eigenvalue weighted by Gasteiger charge is -2.03. The average molecular weight is 152 g/mol. The lowest BCUT2D eigenvalue weighted by molar-refractivity contribution is 0.418. The van der Waals surface area contributed by atoms with Gasteiger partial charge in [-0.1, -0.05) is 6.07 Å². The highest BCUT2D eigenvalue weighted by Crippen LogP contribution is 2.32. The van der Waals surface area contributed by atoms with Crippen molar-refractivity contribution in [2.45, 2.75) is 0 Å². The molecule has 0 heterocycles. The summed E-state index contributed by atoms with van der Waals surface area (Å²) in [5.41, 5.74) is 6.13.